The Labute approximate surface area is 196 Å². The van der Waals surface area contributed by atoms with Crippen molar-refractivity contribution in [3.05, 3.63) is 65.2 Å². The minimum absolute atomic E-state index is 0.00422. The van der Waals surface area contributed by atoms with E-state index in [0.29, 0.717) is 0 Å². The number of aromatic nitrogens is 4. The maximum Gasteiger partial charge on any atom is 0.330 e. The number of nitrogens with one attached hydrogen (secondary N) is 2. The van der Waals surface area contributed by atoms with E-state index in [4.69, 9.17) is 25.6 Å². The molecule has 5 atom stereocenters. The molecular formula is C18H24N4O10PS-. The van der Waals surface area contributed by atoms with Crippen LogP contribution in [-0.4, -0.2) is 60.8 Å². The summed E-state index contributed by atoms with van der Waals surface area (Å²) >= 11 is 4.85. The summed E-state index contributed by atoms with van der Waals surface area (Å²) in [5.74, 6) is 0. The van der Waals surface area contributed by atoms with Gasteiger partial charge in [-0.25, -0.2) is 9.59 Å². The highest BCUT2D eigenvalue weighted by molar-refractivity contribution is 8.06. The van der Waals surface area contributed by atoms with Crippen molar-refractivity contribution >= 4 is 18.5 Å². The highest BCUT2D eigenvalue weighted by Gasteiger charge is 2.36. The lowest BCUT2D eigenvalue weighted by Crippen LogP contribution is -2.36. The Morgan fingerprint density at radius 1 is 1.21 bits per heavy atom. The van der Waals surface area contributed by atoms with E-state index < -0.39 is 67.0 Å². The number of aliphatic hydroxyl groups is 2. The molecule has 3 heterocycles. The van der Waals surface area contributed by atoms with Gasteiger partial charge in [0.25, 0.3) is 11.1 Å². The Balaban J connectivity index is 1.62. The van der Waals surface area contributed by atoms with Crippen LogP contribution in [0.5, 0.6) is 0 Å². The minimum Gasteiger partial charge on any atom is -0.780 e. The van der Waals surface area contributed by atoms with Crippen molar-refractivity contribution in [1.29, 1.82) is 0 Å². The van der Waals surface area contributed by atoms with Crippen molar-refractivity contribution in [3.63, 3.8) is 0 Å². The van der Waals surface area contributed by atoms with Crippen LogP contribution in [-0.2, 0) is 32.1 Å². The normalized spacial score (nSPS) is 23.0. The van der Waals surface area contributed by atoms with Gasteiger partial charge in [0.05, 0.1) is 25.9 Å². The quantitative estimate of drug-likeness (QED) is 0.252. The van der Waals surface area contributed by atoms with E-state index in [1.165, 1.54) is 26.2 Å². The first-order valence-corrected chi connectivity index (χ1v) is 12.7. The molecule has 0 spiro atoms. The Morgan fingerprint density at radius 2 is 1.82 bits per heavy atom. The van der Waals surface area contributed by atoms with Crippen molar-refractivity contribution in [3.8, 4) is 0 Å². The molecule has 1 aliphatic heterocycles. The standard InChI is InChI=1S/C18H25N4O10PS/c1-9-4-21(17(27)19-15(9)25)6-11(7-23)32-33(29,34)30-8-13-12(24)3-14(31-13)22-5-10(2)16(26)20-18(22)28/h4-5,11-14,23-24H,3,6-8H2,1-2H3,(H,29,34)(H,19,25,27)(H,20,26,28)/p-1. The molecule has 1 fully saturated rings. The first-order valence-electron chi connectivity index (χ1n) is 10.1. The average Bonchev–Trinajstić information content (AvgIpc) is 3.12. The summed E-state index contributed by atoms with van der Waals surface area (Å²) in [6.07, 6.45) is -1.67. The third-order valence-corrected chi connectivity index (χ3v) is 6.72. The first kappa shape index (κ1) is 26.4. The molecule has 0 saturated carbocycles. The molecule has 0 bridgehead atoms. The molecule has 4 N–H and O–H groups in total. The fourth-order valence-electron chi connectivity index (χ4n) is 3.31. The summed E-state index contributed by atoms with van der Waals surface area (Å²) in [6.45, 7) is -2.60. The molecule has 2 aromatic rings. The van der Waals surface area contributed by atoms with Crippen LogP contribution in [0.3, 0.4) is 0 Å². The average molecular weight is 519 g/mol. The highest BCUT2D eigenvalue weighted by atomic mass is 32.5. The number of nitrogens with zero attached hydrogens (tertiary/aromatic N) is 2. The lowest BCUT2D eigenvalue weighted by Gasteiger charge is -2.32. The Morgan fingerprint density at radius 3 is 2.47 bits per heavy atom. The van der Waals surface area contributed by atoms with Crippen molar-refractivity contribution in [2.45, 2.75) is 51.4 Å². The number of ether oxygens (including phenoxy) is 1. The van der Waals surface area contributed by atoms with Crippen LogP contribution in [0.4, 0.5) is 0 Å². The molecule has 5 unspecified atom stereocenters. The molecule has 3 rings (SSSR count). The van der Waals surface area contributed by atoms with E-state index in [0.717, 1.165) is 9.13 Å². The Hall–Kier alpha value is -2.23. The number of aliphatic hydroxyl groups excluding tert-OH is 2. The third-order valence-electron chi connectivity index (χ3n) is 5.13. The highest BCUT2D eigenvalue weighted by Crippen LogP contribution is 2.42. The zero-order chi connectivity index (χ0) is 25.2. The first-order chi connectivity index (χ1) is 15.9. The molecule has 0 radical (unpaired) electrons. The number of rotatable bonds is 9. The van der Waals surface area contributed by atoms with Crippen LogP contribution in [0.2, 0.25) is 0 Å². The molecule has 16 heteroatoms. The van der Waals surface area contributed by atoms with E-state index in [-0.39, 0.29) is 24.1 Å². The molecule has 0 amide bonds. The number of aryl methyl sites for hydroxylation is 2. The summed E-state index contributed by atoms with van der Waals surface area (Å²) in [6, 6.07) is 0. The van der Waals surface area contributed by atoms with Gasteiger partial charge >= 0.3 is 11.4 Å². The molecule has 34 heavy (non-hydrogen) atoms. The minimum atomic E-state index is -4.20. The third kappa shape index (κ3) is 6.25. The topological polar surface area (TPSA) is 201 Å². The van der Waals surface area contributed by atoms with Crippen molar-refractivity contribution in [1.82, 2.24) is 19.1 Å². The number of aromatic amines is 2. The maximum absolute atomic E-state index is 12.6. The number of H-pyrrole nitrogens is 2. The summed E-state index contributed by atoms with van der Waals surface area (Å²) in [5.41, 5.74) is -2.06. The van der Waals surface area contributed by atoms with E-state index in [2.05, 4.69) is 9.97 Å². The second kappa shape index (κ2) is 10.6. The van der Waals surface area contributed by atoms with Crippen molar-refractivity contribution < 1.29 is 28.9 Å². The zero-order valence-electron chi connectivity index (χ0n) is 18.2. The second-order valence-electron chi connectivity index (χ2n) is 7.79. The van der Waals surface area contributed by atoms with Gasteiger partial charge in [0.15, 0.2) is 0 Å². The predicted molar refractivity (Wildman–Crippen MR) is 119 cm³/mol. The van der Waals surface area contributed by atoms with Gasteiger partial charge in [-0.3, -0.25) is 28.7 Å². The van der Waals surface area contributed by atoms with E-state index in [9.17, 15) is 34.3 Å². The summed E-state index contributed by atoms with van der Waals surface area (Å²) in [4.78, 5) is 63.8. The lowest BCUT2D eigenvalue weighted by atomic mass is 10.2. The van der Waals surface area contributed by atoms with Crippen LogP contribution in [0, 0.1) is 13.8 Å². The van der Waals surface area contributed by atoms with E-state index in [1.807, 2.05) is 0 Å². The van der Waals surface area contributed by atoms with Crippen LogP contribution in [0.25, 0.3) is 0 Å². The Kier molecular flexibility index (Phi) is 8.21. The lowest BCUT2D eigenvalue weighted by molar-refractivity contribution is -0.215. The van der Waals surface area contributed by atoms with Gasteiger partial charge in [0.2, 0.25) is 0 Å². The van der Waals surface area contributed by atoms with E-state index in [1.54, 1.807) is 0 Å². The molecule has 1 aliphatic rings. The van der Waals surface area contributed by atoms with Gasteiger partial charge in [0, 0.05) is 29.9 Å². The van der Waals surface area contributed by atoms with Crippen molar-refractivity contribution in [2.75, 3.05) is 13.2 Å². The van der Waals surface area contributed by atoms with Crippen LogP contribution < -0.4 is 27.4 Å². The summed E-state index contributed by atoms with van der Waals surface area (Å²) in [7, 11) is 0. The van der Waals surface area contributed by atoms with Gasteiger partial charge in [-0.2, -0.15) is 0 Å². The molecule has 2 aromatic heterocycles. The van der Waals surface area contributed by atoms with Gasteiger partial charge < -0.3 is 28.9 Å². The number of hydrogen-bond acceptors (Lipinski definition) is 11. The van der Waals surface area contributed by atoms with Gasteiger partial charge in [-0.05, 0) is 13.8 Å². The zero-order valence-corrected chi connectivity index (χ0v) is 19.9. The molecule has 0 aliphatic carbocycles. The molecule has 1 saturated heterocycles. The molecular weight excluding hydrogens is 495 g/mol. The molecule has 14 nitrogen and oxygen atoms in total. The van der Waals surface area contributed by atoms with Gasteiger partial charge in [0.1, 0.15) is 25.2 Å². The smallest absolute Gasteiger partial charge is 0.330 e. The van der Waals surface area contributed by atoms with Crippen molar-refractivity contribution in [2.24, 2.45) is 0 Å². The second-order valence-corrected chi connectivity index (χ2v) is 10.5. The van der Waals surface area contributed by atoms with Crippen LogP contribution >= 0.6 is 6.72 Å². The SMILES string of the molecule is Cc1cn(CC(CO)OP([O-])(=S)OCC2OC(n3cc(C)c(=O)[nH]c3=O)CC2O)c(=O)[nH]c1=O. The van der Waals surface area contributed by atoms with E-state index >= 15 is 0 Å². The fourth-order valence-corrected chi connectivity index (χ4v) is 4.75. The Bertz CT molecular complexity index is 1320. The van der Waals surface area contributed by atoms with Gasteiger partial charge in [-0.1, -0.05) is 11.8 Å². The maximum atomic E-state index is 12.6. The fraction of sp³-hybridized carbons (Fsp3) is 0.556. The summed E-state index contributed by atoms with van der Waals surface area (Å²) < 4.78 is 18.1. The predicted octanol–water partition coefficient (Wildman–Crippen LogP) is -2.67. The largest absolute Gasteiger partial charge is 0.780 e. The number of hydrogen-bond donors (Lipinski definition) is 4. The monoisotopic (exact) mass is 519 g/mol. The molecule has 188 valence electrons. The molecule has 0 aromatic carbocycles. The van der Waals surface area contributed by atoms with Crippen LogP contribution in [0.15, 0.2) is 31.6 Å². The van der Waals surface area contributed by atoms with Gasteiger partial charge in [-0.15, -0.1) is 0 Å². The summed E-state index contributed by atoms with van der Waals surface area (Å²) in [5, 5.41) is 19.8. The van der Waals surface area contributed by atoms with Crippen LogP contribution in [0.1, 0.15) is 23.8 Å².